The lowest BCUT2D eigenvalue weighted by atomic mass is 9.94. The minimum atomic E-state index is 0.248. The van der Waals surface area contributed by atoms with Crippen molar-refractivity contribution in [3.8, 4) is 0 Å². The molecule has 0 amide bonds. The first-order valence-corrected chi connectivity index (χ1v) is 8.68. The molecule has 2 heterocycles. The molecule has 0 saturated carbocycles. The van der Waals surface area contributed by atoms with Gasteiger partial charge in [0.25, 0.3) is 0 Å². The van der Waals surface area contributed by atoms with Crippen molar-refractivity contribution in [2.24, 2.45) is 5.92 Å². The summed E-state index contributed by atoms with van der Waals surface area (Å²) in [6.07, 6.45) is 2.76. The van der Waals surface area contributed by atoms with E-state index in [4.69, 9.17) is 4.74 Å². The van der Waals surface area contributed by atoms with Crippen LogP contribution < -0.4 is 5.32 Å². The summed E-state index contributed by atoms with van der Waals surface area (Å²) < 4.78 is 5.79. The van der Waals surface area contributed by atoms with E-state index in [0.717, 1.165) is 13.2 Å². The average Bonchev–Trinajstić information content (AvgIpc) is 2.99. The molecule has 0 aromatic carbocycles. The molecule has 3 heteroatoms. The van der Waals surface area contributed by atoms with Gasteiger partial charge in [-0.05, 0) is 43.9 Å². The summed E-state index contributed by atoms with van der Waals surface area (Å²) in [6, 6.07) is 5.09. The van der Waals surface area contributed by atoms with Crippen molar-refractivity contribution < 1.29 is 4.74 Å². The van der Waals surface area contributed by atoms with Crippen LogP contribution in [0.25, 0.3) is 0 Å². The van der Waals surface area contributed by atoms with E-state index < -0.39 is 0 Å². The predicted octanol–water partition coefficient (Wildman–Crippen LogP) is 4.51. The van der Waals surface area contributed by atoms with Gasteiger partial charge in [-0.3, -0.25) is 0 Å². The van der Waals surface area contributed by atoms with Gasteiger partial charge in [0.05, 0.1) is 12.7 Å². The Morgan fingerprint density at radius 3 is 2.65 bits per heavy atom. The SMILES string of the molecule is CCCNC(c1ccc(C(C)(C)C)s1)C1COC(C)C1. The van der Waals surface area contributed by atoms with E-state index >= 15 is 0 Å². The van der Waals surface area contributed by atoms with Crippen LogP contribution in [0.2, 0.25) is 0 Å². The maximum absolute atomic E-state index is 5.79. The third kappa shape index (κ3) is 3.84. The van der Waals surface area contributed by atoms with Gasteiger partial charge in [-0.15, -0.1) is 11.3 Å². The molecule has 3 unspecified atom stereocenters. The maximum atomic E-state index is 5.79. The molecular weight excluding hydrogens is 266 g/mol. The quantitative estimate of drug-likeness (QED) is 0.863. The highest BCUT2D eigenvalue weighted by Crippen LogP contribution is 2.38. The second-order valence-corrected chi connectivity index (χ2v) is 8.14. The van der Waals surface area contributed by atoms with Crippen molar-refractivity contribution in [2.75, 3.05) is 13.2 Å². The molecule has 1 N–H and O–H groups in total. The standard InChI is InChI=1S/C17H29NOS/c1-6-9-18-16(13-10-12(2)19-11-13)14-7-8-15(20-14)17(3,4)5/h7-8,12-13,16,18H,6,9-11H2,1-5H3. The van der Waals surface area contributed by atoms with Crippen LogP contribution in [0, 0.1) is 5.92 Å². The van der Waals surface area contributed by atoms with Crippen LogP contribution in [-0.2, 0) is 10.2 Å². The Hall–Kier alpha value is -0.380. The molecule has 20 heavy (non-hydrogen) atoms. The third-order valence-electron chi connectivity index (χ3n) is 3.99. The van der Waals surface area contributed by atoms with Crippen LogP contribution in [-0.4, -0.2) is 19.3 Å². The smallest absolute Gasteiger partial charge is 0.0551 e. The van der Waals surface area contributed by atoms with Crippen molar-refractivity contribution >= 4 is 11.3 Å². The number of thiophene rings is 1. The zero-order valence-corrected chi connectivity index (χ0v) is 14.3. The highest BCUT2D eigenvalue weighted by molar-refractivity contribution is 7.12. The van der Waals surface area contributed by atoms with Crippen molar-refractivity contribution in [1.82, 2.24) is 5.32 Å². The van der Waals surface area contributed by atoms with Gasteiger partial charge in [0.2, 0.25) is 0 Å². The first-order chi connectivity index (χ1) is 9.41. The lowest BCUT2D eigenvalue weighted by molar-refractivity contribution is 0.117. The zero-order valence-electron chi connectivity index (χ0n) is 13.5. The summed E-state index contributed by atoms with van der Waals surface area (Å²) >= 11 is 1.97. The summed E-state index contributed by atoms with van der Waals surface area (Å²) in [5.41, 5.74) is 0.248. The van der Waals surface area contributed by atoms with Crippen molar-refractivity contribution in [1.29, 1.82) is 0 Å². The summed E-state index contributed by atoms with van der Waals surface area (Å²) in [5.74, 6) is 0.614. The number of rotatable bonds is 5. The Balaban J connectivity index is 2.15. The molecular formula is C17H29NOS. The molecule has 0 bridgehead atoms. The molecule has 1 aliphatic heterocycles. The molecule has 2 nitrogen and oxygen atoms in total. The maximum Gasteiger partial charge on any atom is 0.0551 e. The molecule has 1 aliphatic rings. The number of hydrogen-bond donors (Lipinski definition) is 1. The Kier molecular flexibility index (Phi) is 5.27. The Labute approximate surface area is 127 Å². The molecule has 0 aliphatic carbocycles. The van der Waals surface area contributed by atoms with Crippen molar-refractivity contribution in [2.45, 2.75) is 65.0 Å². The topological polar surface area (TPSA) is 21.3 Å². The Morgan fingerprint density at radius 1 is 1.40 bits per heavy atom. The second-order valence-electron chi connectivity index (χ2n) is 7.02. The van der Waals surface area contributed by atoms with E-state index in [2.05, 4.69) is 52.1 Å². The fourth-order valence-electron chi connectivity index (χ4n) is 2.81. The van der Waals surface area contributed by atoms with Crippen LogP contribution in [0.1, 0.15) is 63.3 Å². The monoisotopic (exact) mass is 295 g/mol. The normalized spacial score (nSPS) is 25.1. The summed E-state index contributed by atoms with van der Waals surface area (Å²) in [5, 5.41) is 3.74. The third-order valence-corrected chi connectivity index (χ3v) is 5.58. The van der Waals surface area contributed by atoms with Crippen molar-refractivity contribution in [3.63, 3.8) is 0 Å². The Bertz CT molecular complexity index is 421. The largest absolute Gasteiger partial charge is 0.378 e. The van der Waals surface area contributed by atoms with Crippen LogP contribution in [0.3, 0.4) is 0 Å². The number of hydrogen-bond acceptors (Lipinski definition) is 3. The molecule has 0 spiro atoms. The molecule has 1 aromatic heterocycles. The minimum Gasteiger partial charge on any atom is -0.378 e. The van der Waals surface area contributed by atoms with Crippen molar-refractivity contribution in [3.05, 3.63) is 21.9 Å². The molecule has 1 aromatic rings. The zero-order chi connectivity index (χ0) is 14.8. The lowest BCUT2D eigenvalue weighted by Crippen LogP contribution is -2.28. The van der Waals surface area contributed by atoms with Crippen LogP contribution in [0.5, 0.6) is 0 Å². The van der Waals surface area contributed by atoms with Gasteiger partial charge in [-0.2, -0.15) is 0 Å². The van der Waals surface area contributed by atoms with Crippen LogP contribution in [0.4, 0.5) is 0 Å². The minimum absolute atomic E-state index is 0.248. The predicted molar refractivity (Wildman–Crippen MR) is 87.6 cm³/mol. The molecule has 0 radical (unpaired) electrons. The van der Waals surface area contributed by atoms with Gasteiger partial charge >= 0.3 is 0 Å². The first kappa shape index (κ1) is 16.0. The molecule has 3 atom stereocenters. The fourth-order valence-corrected chi connectivity index (χ4v) is 4.04. The van der Waals surface area contributed by atoms with Crippen LogP contribution in [0.15, 0.2) is 12.1 Å². The highest BCUT2D eigenvalue weighted by Gasteiger charge is 2.31. The summed E-state index contributed by atoms with van der Waals surface area (Å²) in [4.78, 5) is 2.95. The molecule has 1 saturated heterocycles. The van der Waals surface area contributed by atoms with Gasteiger partial charge in [-0.1, -0.05) is 27.7 Å². The van der Waals surface area contributed by atoms with Gasteiger partial charge in [0.15, 0.2) is 0 Å². The Morgan fingerprint density at radius 2 is 2.15 bits per heavy atom. The molecule has 1 fully saturated rings. The van der Waals surface area contributed by atoms with Gasteiger partial charge in [0.1, 0.15) is 0 Å². The van der Waals surface area contributed by atoms with Crippen LogP contribution >= 0.6 is 11.3 Å². The van der Waals surface area contributed by atoms with E-state index in [1.54, 1.807) is 0 Å². The van der Waals surface area contributed by atoms with Gasteiger partial charge in [0, 0.05) is 21.7 Å². The molecule has 114 valence electrons. The number of ether oxygens (including phenoxy) is 1. The fraction of sp³-hybridized carbons (Fsp3) is 0.765. The molecule has 2 rings (SSSR count). The second kappa shape index (κ2) is 6.59. The lowest BCUT2D eigenvalue weighted by Gasteiger charge is -2.23. The van der Waals surface area contributed by atoms with E-state index in [1.807, 2.05) is 11.3 Å². The van der Waals surface area contributed by atoms with E-state index in [1.165, 1.54) is 22.6 Å². The van der Waals surface area contributed by atoms with Gasteiger partial charge in [-0.25, -0.2) is 0 Å². The van der Waals surface area contributed by atoms with E-state index in [0.29, 0.717) is 18.1 Å². The highest BCUT2D eigenvalue weighted by atomic mass is 32.1. The summed E-state index contributed by atoms with van der Waals surface area (Å²) in [7, 11) is 0. The van der Waals surface area contributed by atoms with E-state index in [-0.39, 0.29) is 5.41 Å². The van der Waals surface area contributed by atoms with E-state index in [9.17, 15) is 0 Å². The van der Waals surface area contributed by atoms with Gasteiger partial charge < -0.3 is 10.1 Å². The average molecular weight is 295 g/mol. The number of nitrogens with one attached hydrogen (secondary N) is 1. The summed E-state index contributed by atoms with van der Waals surface area (Å²) in [6.45, 7) is 13.3. The first-order valence-electron chi connectivity index (χ1n) is 7.87.